The number of hydrogen-bond acceptors (Lipinski definition) is 3. The summed E-state index contributed by atoms with van der Waals surface area (Å²) in [6.07, 6.45) is 2.06. The Morgan fingerprint density at radius 2 is 2.07 bits per heavy atom. The van der Waals surface area contributed by atoms with Gasteiger partial charge in [0.05, 0.1) is 6.54 Å². The third-order valence-corrected chi connectivity index (χ3v) is 2.38. The minimum absolute atomic E-state index is 0.0368. The van der Waals surface area contributed by atoms with Crippen molar-refractivity contribution in [2.24, 2.45) is 0 Å². The fourth-order valence-corrected chi connectivity index (χ4v) is 1.62. The van der Waals surface area contributed by atoms with E-state index in [0.717, 1.165) is 19.4 Å². The molecule has 15 heavy (non-hydrogen) atoms. The Labute approximate surface area is 89.2 Å². The van der Waals surface area contributed by atoms with Crippen molar-refractivity contribution in [2.75, 3.05) is 13.1 Å². The van der Waals surface area contributed by atoms with Crippen LogP contribution in [-0.2, 0) is 11.2 Å². The number of aryl methyl sites for hydroxylation is 1. The number of hydrogen-bond donors (Lipinski definition) is 2. The van der Waals surface area contributed by atoms with Crippen molar-refractivity contribution in [1.29, 1.82) is 0 Å². The number of carbonyl (C=O) groups is 1. The summed E-state index contributed by atoms with van der Waals surface area (Å²) in [6, 6.07) is 10.4. The normalized spacial score (nSPS) is 16.7. The predicted octanol–water partition coefficient (Wildman–Crippen LogP) is 0.471. The molecule has 80 valence electrons. The lowest BCUT2D eigenvalue weighted by molar-refractivity contribution is -0.120. The van der Waals surface area contributed by atoms with Crippen molar-refractivity contribution in [3.05, 3.63) is 35.9 Å². The molecule has 1 heterocycles. The Hall–Kier alpha value is -1.39. The summed E-state index contributed by atoms with van der Waals surface area (Å²) in [6.45, 7) is 1.23. The third-order valence-electron chi connectivity index (χ3n) is 2.38. The van der Waals surface area contributed by atoms with Crippen LogP contribution in [0.5, 0.6) is 0 Å². The van der Waals surface area contributed by atoms with E-state index in [2.05, 4.69) is 23.0 Å². The molecule has 0 aromatic heterocycles. The molecular weight excluding hydrogens is 190 g/mol. The molecule has 0 unspecified atom stereocenters. The van der Waals surface area contributed by atoms with Gasteiger partial charge in [-0.25, -0.2) is 5.43 Å². The van der Waals surface area contributed by atoms with Gasteiger partial charge < -0.3 is 0 Å². The van der Waals surface area contributed by atoms with Gasteiger partial charge in [0.2, 0.25) is 0 Å². The highest BCUT2D eigenvalue weighted by Crippen LogP contribution is 2.02. The fraction of sp³-hybridized carbons (Fsp3) is 0.364. The molecule has 0 spiro atoms. The number of nitrogens with zero attached hydrogens (tertiary/aromatic N) is 1. The molecule has 4 nitrogen and oxygen atoms in total. The quantitative estimate of drug-likeness (QED) is 0.751. The van der Waals surface area contributed by atoms with Crippen LogP contribution in [-0.4, -0.2) is 24.1 Å². The number of carbonyl (C=O) groups excluding carboxylic acids is 1. The maximum atomic E-state index is 10.9. The molecule has 0 saturated carbocycles. The fourth-order valence-electron chi connectivity index (χ4n) is 1.62. The SMILES string of the molecule is O=C1CNN(CCCc2ccccc2)N1. The third kappa shape index (κ3) is 3.04. The molecule has 0 bridgehead atoms. The molecule has 2 rings (SSSR count). The Kier molecular flexibility index (Phi) is 3.32. The van der Waals surface area contributed by atoms with Crippen LogP contribution in [0.15, 0.2) is 30.3 Å². The summed E-state index contributed by atoms with van der Waals surface area (Å²) < 4.78 is 0. The first kappa shape index (κ1) is 10.1. The smallest absolute Gasteiger partial charge is 0.250 e. The monoisotopic (exact) mass is 205 g/mol. The lowest BCUT2D eigenvalue weighted by Crippen LogP contribution is -2.39. The molecule has 0 radical (unpaired) electrons. The van der Waals surface area contributed by atoms with Gasteiger partial charge >= 0.3 is 0 Å². The predicted molar refractivity (Wildman–Crippen MR) is 57.6 cm³/mol. The summed E-state index contributed by atoms with van der Waals surface area (Å²) in [5.41, 5.74) is 7.02. The molecule has 1 aromatic carbocycles. The van der Waals surface area contributed by atoms with E-state index in [4.69, 9.17) is 0 Å². The maximum absolute atomic E-state index is 10.9. The highest BCUT2D eigenvalue weighted by Gasteiger charge is 2.15. The van der Waals surface area contributed by atoms with Gasteiger partial charge in [-0.15, -0.1) is 0 Å². The summed E-state index contributed by atoms with van der Waals surface area (Å²) in [4.78, 5) is 10.9. The number of nitrogens with one attached hydrogen (secondary N) is 2. The molecule has 0 aliphatic carbocycles. The zero-order chi connectivity index (χ0) is 10.5. The van der Waals surface area contributed by atoms with Crippen molar-refractivity contribution >= 4 is 5.91 Å². The lowest BCUT2D eigenvalue weighted by Gasteiger charge is -2.13. The molecular formula is C11H15N3O. The summed E-state index contributed by atoms with van der Waals surface area (Å²) in [5, 5.41) is 1.76. The van der Waals surface area contributed by atoms with E-state index in [0.29, 0.717) is 6.54 Å². The van der Waals surface area contributed by atoms with Crippen LogP contribution in [0.3, 0.4) is 0 Å². The highest BCUT2D eigenvalue weighted by molar-refractivity contribution is 5.78. The molecule has 1 aliphatic rings. The Balaban J connectivity index is 1.69. The second-order valence-corrected chi connectivity index (χ2v) is 3.61. The van der Waals surface area contributed by atoms with Crippen LogP contribution in [0, 0.1) is 0 Å². The first-order chi connectivity index (χ1) is 7.34. The van der Waals surface area contributed by atoms with Gasteiger partial charge in [0.15, 0.2) is 0 Å². The molecule has 1 fully saturated rings. The first-order valence-corrected chi connectivity index (χ1v) is 5.19. The van der Waals surface area contributed by atoms with E-state index < -0.39 is 0 Å². The Bertz CT molecular complexity index is 326. The van der Waals surface area contributed by atoms with Gasteiger partial charge in [0.1, 0.15) is 0 Å². The van der Waals surface area contributed by atoms with Crippen LogP contribution in [0.2, 0.25) is 0 Å². The van der Waals surface area contributed by atoms with Crippen LogP contribution >= 0.6 is 0 Å². The summed E-state index contributed by atoms with van der Waals surface area (Å²) in [5.74, 6) is 0.0368. The molecule has 1 saturated heterocycles. The van der Waals surface area contributed by atoms with Crippen molar-refractivity contribution in [2.45, 2.75) is 12.8 Å². The number of rotatable bonds is 4. The van der Waals surface area contributed by atoms with Crippen molar-refractivity contribution in [1.82, 2.24) is 16.0 Å². The van der Waals surface area contributed by atoms with Crippen molar-refractivity contribution in [3.8, 4) is 0 Å². The molecule has 4 heteroatoms. The minimum atomic E-state index is 0.0368. The van der Waals surface area contributed by atoms with Crippen LogP contribution in [0.25, 0.3) is 0 Å². The summed E-state index contributed by atoms with van der Waals surface area (Å²) in [7, 11) is 0. The second kappa shape index (κ2) is 4.91. The van der Waals surface area contributed by atoms with Crippen molar-refractivity contribution in [3.63, 3.8) is 0 Å². The Morgan fingerprint density at radius 1 is 1.27 bits per heavy atom. The van der Waals surface area contributed by atoms with Crippen molar-refractivity contribution < 1.29 is 4.79 Å². The molecule has 0 atom stereocenters. The van der Waals surface area contributed by atoms with E-state index in [9.17, 15) is 4.79 Å². The van der Waals surface area contributed by atoms with E-state index in [1.807, 2.05) is 18.2 Å². The van der Waals surface area contributed by atoms with Gasteiger partial charge in [-0.2, -0.15) is 5.12 Å². The van der Waals surface area contributed by atoms with E-state index >= 15 is 0 Å². The topological polar surface area (TPSA) is 44.4 Å². The van der Waals surface area contributed by atoms with Crippen LogP contribution < -0.4 is 10.9 Å². The maximum Gasteiger partial charge on any atom is 0.250 e. The Morgan fingerprint density at radius 3 is 2.73 bits per heavy atom. The average molecular weight is 205 g/mol. The average Bonchev–Trinajstić information content (AvgIpc) is 2.66. The number of hydrazine groups is 2. The van der Waals surface area contributed by atoms with E-state index in [-0.39, 0.29) is 5.91 Å². The zero-order valence-corrected chi connectivity index (χ0v) is 8.57. The molecule has 1 aliphatic heterocycles. The lowest BCUT2D eigenvalue weighted by atomic mass is 10.1. The van der Waals surface area contributed by atoms with Gasteiger partial charge in [-0.05, 0) is 18.4 Å². The van der Waals surface area contributed by atoms with Crippen LogP contribution in [0.1, 0.15) is 12.0 Å². The van der Waals surface area contributed by atoms with Crippen LogP contribution in [0.4, 0.5) is 0 Å². The van der Waals surface area contributed by atoms with Gasteiger partial charge in [0, 0.05) is 6.54 Å². The number of benzene rings is 1. The first-order valence-electron chi connectivity index (χ1n) is 5.19. The second-order valence-electron chi connectivity index (χ2n) is 3.61. The molecule has 2 N–H and O–H groups in total. The standard InChI is InChI=1S/C11H15N3O/c15-11-9-12-14(13-11)8-4-7-10-5-2-1-3-6-10/h1-3,5-6,12H,4,7-9H2,(H,13,15). The summed E-state index contributed by atoms with van der Waals surface area (Å²) >= 11 is 0. The molecule has 1 aromatic rings. The van der Waals surface area contributed by atoms with Gasteiger partial charge in [-0.3, -0.25) is 10.2 Å². The van der Waals surface area contributed by atoms with Gasteiger partial charge in [0.25, 0.3) is 5.91 Å². The van der Waals surface area contributed by atoms with E-state index in [1.54, 1.807) is 5.12 Å². The minimum Gasteiger partial charge on any atom is -0.274 e. The zero-order valence-electron chi connectivity index (χ0n) is 8.57. The van der Waals surface area contributed by atoms with Gasteiger partial charge in [-0.1, -0.05) is 30.3 Å². The number of amides is 1. The highest BCUT2D eigenvalue weighted by atomic mass is 16.2. The molecule has 1 amide bonds. The van der Waals surface area contributed by atoms with E-state index in [1.165, 1.54) is 5.56 Å². The largest absolute Gasteiger partial charge is 0.274 e.